The van der Waals surface area contributed by atoms with Gasteiger partial charge in [-0.15, -0.1) is 0 Å². The van der Waals surface area contributed by atoms with Crippen LogP contribution in [0.15, 0.2) is 72.9 Å². The first-order chi connectivity index (χ1) is 12.6. The number of rotatable bonds is 5. The number of para-hydroxylation sites is 1. The minimum absolute atomic E-state index is 0.0583. The summed E-state index contributed by atoms with van der Waals surface area (Å²) in [6.07, 6.45) is 1.45. The maximum atomic E-state index is 12.2. The SMILES string of the molecule is CC(=O)N(c1cccc(Oc2ccccc2)c1)c1ncccc1C(=O)O. The second-order valence-electron chi connectivity index (χ2n) is 5.45. The lowest BCUT2D eigenvalue weighted by molar-refractivity contribution is -0.115. The molecule has 130 valence electrons. The van der Waals surface area contributed by atoms with Crippen molar-refractivity contribution in [3.8, 4) is 11.5 Å². The molecule has 3 aromatic rings. The van der Waals surface area contributed by atoms with Gasteiger partial charge in [-0.3, -0.25) is 9.69 Å². The molecule has 6 nitrogen and oxygen atoms in total. The fraction of sp³-hybridized carbons (Fsp3) is 0.0500. The Kier molecular flexibility index (Phi) is 4.94. The van der Waals surface area contributed by atoms with Crippen molar-refractivity contribution in [2.45, 2.75) is 6.92 Å². The highest BCUT2D eigenvalue weighted by Gasteiger charge is 2.22. The predicted molar refractivity (Wildman–Crippen MR) is 97.0 cm³/mol. The number of anilines is 2. The van der Waals surface area contributed by atoms with Gasteiger partial charge in [0.2, 0.25) is 5.91 Å². The molecular weight excluding hydrogens is 332 g/mol. The predicted octanol–water partition coefficient (Wildman–Crippen LogP) is 4.26. The van der Waals surface area contributed by atoms with Crippen LogP contribution in [0.1, 0.15) is 17.3 Å². The molecule has 0 unspecified atom stereocenters. The van der Waals surface area contributed by atoms with E-state index in [1.807, 2.05) is 30.3 Å². The van der Waals surface area contributed by atoms with Crippen molar-refractivity contribution >= 4 is 23.4 Å². The summed E-state index contributed by atoms with van der Waals surface area (Å²) < 4.78 is 5.79. The van der Waals surface area contributed by atoms with Crippen LogP contribution >= 0.6 is 0 Å². The van der Waals surface area contributed by atoms with Crippen molar-refractivity contribution in [2.75, 3.05) is 4.90 Å². The topological polar surface area (TPSA) is 79.7 Å². The summed E-state index contributed by atoms with van der Waals surface area (Å²) in [6.45, 7) is 1.35. The fourth-order valence-electron chi connectivity index (χ4n) is 2.51. The summed E-state index contributed by atoms with van der Waals surface area (Å²) >= 11 is 0. The molecule has 3 rings (SSSR count). The zero-order chi connectivity index (χ0) is 18.5. The Morgan fingerprint density at radius 2 is 1.69 bits per heavy atom. The largest absolute Gasteiger partial charge is 0.478 e. The van der Waals surface area contributed by atoms with E-state index in [1.165, 1.54) is 30.2 Å². The molecule has 1 heterocycles. The monoisotopic (exact) mass is 348 g/mol. The zero-order valence-electron chi connectivity index (χ0n) is 14.0. The minimum Gasteiger partial charge on any atom is -0.478 e. The first-order valence-corrected chi connectivity index (χ1v) is 7.88. The molecule has 0 atom stereocenters. The number of pyridine rings is 1. The van der Waals surface area contributed by atoms with Crippen LogP contribution in [0.2, 0.25) is 0 Å². The molecule has 0 aliphatic rings. The lowest BCUT2D eigenvalue weighted by Crippen LogP contribution is -2.25. The van der Waals surface area contributed by atoms with Gasteiger partial charge < -0.3 is 9.84 Å². The van der Waals surface area contributed by atoms with Crippen LogP contribution in [-0.4, -0.2) is 22.0 Å². The number of carboxylic acid groups (broad SMARTS) is 1. The van der Waals surface area contributed by atoms with E-state index in [0.29, 0.717) is 17.2 Å². The Bertz CT molecular complexity index is 941. The number of carbonyl (C=O) groups excluding carboxylic acids is 1. The van der Waals surface area contributed by atoms with Gasteiger partial charge >= 0.3 is 5.97 Å². The molecule has 0 saturated carbocycles. The molecular formula is C20H16N2O4. The molecule has 2 aromatic carbocycles. The van der Waals surface area contributed by atoms with Gasteiger partial charge in [-0.05, 0) is 36.4 Å². The van der Waals surface area contributed by atoms with Crippen LogP contribution in [-0.2, 0) is 4.79 Å². The molecule has 0 saturated heterocycles. The van der Waals surface area contributed by atoms with Gasteiger partial charge in [-0.1, -0.05) is 24.3 Å². The lowest BCUT2D eigenvalue weighted by Gasteiger charge is -2.22. The van der Waals surface area contributed by atoms with Gasteiger partial charge in [-0.2, -0.15) is 0 Å². The highest BCUT2D eigenvalue weighted by Crippen LogP contribution is 2.31. The van der Waals surface area contributed by atoms with Crippen molar-refractivity contribution in [3.63, 3.8) is 0 Å². The van der Waals surface area contributed by atoms with E-state index >= 15 is 0 Å². The molecule has 0 aliphatic carbocycles. The van der Waals surface area contributed by atoms with Gasteiger partial charge in [0.05, 0.1) is 5.69 Å². The number of hydrogen-bond donors (Lipinski definition) is 1. The fourth-order valence-corrected chi connectivity index (χ4v) is 2.51. The first kappa shape index (κ1) is 17.2. The molecule has 0 aliphatic heterocycles. The third-order valence-corrected chi connectivity index (χ3v) is 3.60. The number of ether oxygens (including phenoxy) is 1. The second-order valence-corrected chi connectivity index (χ2v) is 5.45. The Morgan fingerprint density at radius 1 is 0.962 bits per heavy atom. The van der Waals surface area contributed by atoms with Crippen molar-refractivity contribution in [3.05, 3.63) is 78.5 Å². The van der Waals surface area contributed by atoms with Gasteiger partial charge in [0.15, 0.2) is 5.82 Å². The van der Waals surface area contributed by atoms with Crippen LogP contribution in [0, 0.1) is 0 Å². The summed E-state index contributed by atoms with van der Waals surface area (Å²) in [6, 6.07) is 19.0. The third kappa shape index (κ3) is 3.70. The molecule has 0 spiro atoms. The number of amides is 1. The average Bonchev–Trinajstić information content (AvgIpc) is 2.63. The van der Waals surface area contributed by atoms with Gasteiger partial charge in [0.25, 0.3) is 0 Å². The lowest BCUT2D eigenvalue weighted by atomic mass is 10.2. The summed E-state index contributed by atoms with van der Waals surface area (Å²) in [5, 5.41) is 9.39. The van der Waals surface area contributed by atoms with E-state index in [0.717, 1.165) is 0 Å². The highest BCUT2D eigenvalue weighted by molar-refractivity contribution is 6.04. The second kappa shape index (κ2) is 7.48. The number of carbonyl (C=O) groups is 2. The smallest absolute Gasteiger partial charge is 0.339 e. The molecule has 0 fully saturated rings. The van der Waals surface area contributed by atoms with E-state index < -0.39 is 5.97 Å². The summed E-state index contributed by atoms with van der Waals surface area (Å²) in [7, 11) is 0. The third-order valence-electron chi connectivity index (χ3n) is 3.60. The molecule has 1 amide bonds. The molecule has 6 heteroatoms. The molecule has 1 aromatic heterocycles. The van der Waals surface area contributed by atoms with Crippen LogP contribution < -0.4 is 9.64 Å². The molecule has 0 radical (unpaired) electrons. The van der Waals surface area contributed by atoms with E-state index in [1.54, 1.807) is 24.3 Å². The summed E-state index contributed by atoms with van der Waals surface area (Å²) in [4.78, 5) is 29.1. The molecule has 26 heavy (non-hydrogen) atoms. The number of aromatic carboxylic acids is 1. The Balaban J connectivity index is 2.01. The zero-order valence-corrected chi connectivity index (χ0v) is 14.0. The number of benzene rings is 2. The highest BCUT2D eigenvalue weighted by atomic mass is 16.5. The van der Waals surface area contributed by atoms with Crippen molar-refractivity contribution in [2.24, 2.45) is 0 Å². The van der Waals surface area contributed by atoms with Crippen LogP contribution in [0.4, 0.5) is 11.5 Å². The minimum atomic E-state index is -1.16. The summed E-state index contributed by atoms with van der Waals surface area (Å²) in [5.41, 5.74) is 0.407. The normalized spacial score (nSPS) is 10.2. The van der Waals surface area contributed by atoms with E-state index in [-0.39, 0.29) is 17.3 Å². The van der Waals surface area contributed by atoms with Gasteiger partial charge in [0.1, 0.15) is 17.1 Å². The Hall–Kier alpha value is -3.67. The van der Waals surface area contributed by atoms with Crippen molar-refractivity contribution in [1.29, 1.82) is 0 Å². The molecule has 1 N–H and O–H groups in total. The van der Waals surface area contributed by atoms with E-state index in [9.17, 15) is 14.7 Å². The first-order valence-electron chi connectivity index (χ1n) is 7.88. The van der Waals surface area contributed by atoms with Crippen LogP contribution in [0.5, 0.6) is 11.5 Å². The van der Waals surface area contributed by atoms with Gasteiger partial charge in [0, 0.05) is 19.2 Å². The Morgan fingerprint density at radius 3 is 2.38 bits per heavy atom. The maximum absolute atomic E-state index is 12.2. The van der Waals surface area contributed by atoms with Crippen molar-refractivity contribution in [1.82, 2.24) is 4.98 Å². The van der Waals surface area contributed by atoms with Gasteiger partial charge in [-0.25, -0.2) is 9.78 Å². The molecule has 0 bridgehead atoms. The maximum Gasteiger partial charge on any atom is 0.339 e. The Labute approximate surface area is 150 Å². The van der Waals surface area contributed by atoms with Crippen molar-refractivity contribution < 1.29 is 19.4 Å². The van der Waals surface area contributed by atoms with Crippen LogP contribution in [0.25, 0.3) is 0 Å². The van der Waals surface area contributed by atoms with E-state index in [2.05, 4.69) is 4.98 Å². The number of hydrogen-bond acceptors (Lipinski definition) is 4. The quantitative estimate of drug-likeness (QED) is 0.745. The average molecular weight is 348 g/mol. The standard InChI is InChI=1S/C20H16N2O4/c1-14(23)22(19-18(20(24)25)11-6-12-21-19)15-7-5-10-17(13-15)26-16-8-3-2-4-9-16/h2-13H,1H3,(H,24,25). The summed E-state index contributed by atoms with van der Waals surface area (Å²) in [5.74, 6) is -0.278. The van der Waals surface area contributed by atoms with Crippen LogP contribution in [0.3, 0.4) is 0 Å². The van der Waals surface area contributed by atoms with E-state index in [4.69, 9.17) is 4.74 Å². The number of nitrogens with zero attached hydrogens (tertiary/aromatic N) is 2. The number of aromatic nitrogens is 1. The number of carboxylic acids is 1.